The monoisotopic (exact) mass is 379 g/mol. The molecule has 0 aliphatic carbocycles. The molecule has 5 nitrogen and oxygen atoms in total. The van der Waals surface area contributed by atoms with Gasteiger partial charge < -0.3 is 10.6 Å². The quantitative estimate of drug-likeness (QED) is 0.840. The summed E-state index contributed by atoms with van der Waals surface area (Å²) in [7, 11) is 0. The summed E-state index contributed by atoms with van der Waals surface area (Å²) in [6.07, 6.45) is 1.52. The third-order valence-electron chi connectivity index (χ3n) is 4.24. The molecule has 3 rings (SSSR count). The van der Waals surface area contributed by atoms with Gasteiger partial charge in [-0.1, -0.05) is 6.07 Å². The second-order valence-electron chi connectivity index (χ2n) is 6.18. The van der Waals surface area contributed by atoms with Crippen LogP contribution in [0.5, 0.6) is 0 Å². The molecule has 1 aromatic heterocycles. The van der Waals surface area contributed by atoms with Crippen LogP contribution in [0.2, 0.25) is 0 Å². The number of hydrogen-bond donors (Lipinski definition) is 2. The van der Waals surface area contributed by atoms with E-state index >= 15 is 0 Å². The van der Waals surface area contributed by atoms with Gasteiger partial charge in [-0.3, -0.25) is 14.5 Å². The lowest BCUT2D eigenvalue weighted by Gasteiger charge is -2.31. The first-order valence-electron chi connectivity index (χ1n) is 8.33. The van der Waals surface area contributed by atoms with Gasteiger partial charge in [-0.2, -0.15) is 0 Å². The summed E-state index contributed by atoms with van der Waals surface area (Å²) in [5, 5.41) is 7.44. The number of halogens is 2. The number of rotatable bonds is 5. The molecule has 0 atom stereocenters. The van der Waals surface area contributed by atoms with Gasteiger partial charge in [-0.05, 0) is 36.4 Å². The molecule has 2 aromatic rings. The predicted octanol–water partition coefficient (Wildman–Crippen LogP) is 2.86. The number of anilines is 1. The standard InChI is InChI=1S/C18H19F2N3O2S/c19-14-4-3-13(10-15(14)20)21-17(24)11-23-7-5-12(6-8-23)22-18(25)16-2-1-9-26-16/h1-4,9-10,12H,5-8,11H2,(H,21,24)(H,22,25). The van der Waals surface area contributed by atoms with Crippen molar-refractivity contribution >= 4 is 28.8 Å². The smallest absolute Gasteiger partial charge is 0.261 e. The topological polar surface area (TPSA) is 61.4 Å². The van der Waals surface area contributed by atoms with E-state index in [0.29, 0.717) is 18.0 Å². The molecule has 0 bridgehead atoms. The Balaban J connectivity index is 1.42. The molecule has 138 valence electrons. The lowest BCUT2D eigenvalue weighted by Crippen LogP contribution is -2.46. The molecular weight excluding hydrogens is 360 g/mol. The first-order chi connectivity index (χ1) is 12.5. The van der Waals surface area contributed by atoms with Gasteiger partial charge in [0.1, 0.15) is 0 Å². The van der Waals surface area contributed by atoms with Crippen molar-refractivity contribution in [3.63, 3.8) is 0 Å². The van der Waals surface area contributed by atoms with Gasteiger partial charge in [0.25, 0.3) is 5.91 Å². The molecule has 26 heavy (non-hydrogen) atoms. The highest BCUT2D eigenvalue weighted by Crippen LogP contribution is 2.15. The van der Waals surface area contributed by atoms with Gasteiger partial charge in [0.2, 0.25) is 5.91 Å². The molecule has 1 aliphatic rings. The minimum atomic E-state index is -0.995. The van der Waals surface area contributed by atoms with E-state index in [4.69, 9.17) is 0 Å². The lowest BCUT2D eigenvalue weighted by atomic mass is 10.0. The van der Waals surface area contributed by atoms with Gasteiger partial charge in [0.05, 0.1) is 11.4 Å². The molecule has 1 aliphatic heterocycles. The average Bonchev–Trinajstić information content (AvgIpc) is 3.15. The summed E-state index contributed by atoms with van der Waals surface area (Å²) in [5.41, 5.74) is 0.229. The minimum absolute atomic E-state index is 0.0606. The van der Waals surface area contributed by atoms with Crippen LogP contribution in [0.25, 0.3) is 0 Å². The first-order valence-corrected chi connectivity index (χ1v) is 9.21. The molecule has 0 saturated carbocycles. The zero-order chi connectivity index (χ0) is 18.5. The van der Waals surface area contributed by atoms with Crippen molar-refractivity contribution in [2.75, 3.05) is 25.0 Å². The molecule has 0 unspecified atom stereocenters. The zero-order valence-electron chi connectivity index (χ0n) is 14.0. The summed E-state index contributed by atoms with van der Waals surface area (Å²) < 4.78 is 26.1. The second-order valence-corrected chi connectivity index (χ2v) is 7.13. The van der Waals surface area contributed by atoms with Crippen LogP contribution in [0.4, 0.5) is 14.5 Å². The van der Waals surface area contributed by atoms with E-state index in [9.17, 15) is 18.4 Å². The second kappa shape index (κ2) is 8.37. The molecule has 0 radical (unpaired) electrons. The van der Waals surface area contributed by atoms with Gasteiger partial charge in [0.15, 0.2) is 11.6 Å². The highest BCUT2D eigenvalue weighted by atomic mass is 32.1. The van der Waals surface area contributed by atoms with Crippen LogP contribution in [-0.2, 0) is 4.79 Å². The molecule has 1 aromatic carbocycles. The van der Waals surface area contributed by atoms with E-state index in [2.05, 4.69) is 10.6 Å². The van der Waals surface area contributed by atoms with Gasteiger partial charge in [0, 0.05) is 30.9 Å². The van der Waals surface area contributed by atoms with Gasteiger partial charge in [-0.15, -0.1) is 11.3 Å². The Kier molecular flexibility index (Phi) is 5.95. The SMILES string of the molecule is O=C(CN1CCC(NC(=O)c2cccs2)CC1)Nc1ccc(F)c(F)c1. The van der Waals surface area contributed by atoms with Crippen LogP contribution < -0.4 is 10.6 Å². The van der Waals surface area contributed by atoms with E-state index < -0.39 is 11.6 Å². The van der Waals surface area contributed by atoms with Crippen molar-refractivity contribution in [2.24, 2.45) is 0 Å². The van der Waals surface area contributed by atoms with E-state index in [1.54, 1.807) is 6.07 Å². The average molecular weight is 379 g/mol. The molecule has 0 spiro atoms. The van der Waals surface area contributed by atoms with Crippen molar-refractivity contribution in [2.45, 2.75) is 18.9 Å². The Morgan fingerprint density at radius 3 is 2.58 bits per heavy atom. The van der Waals surface area contributed by atoms with Crippen molar-refractivity contribution in [3.8, 4) is 0 Å². The molecule has 2 heterocycles. The van der Waals surface area contributed by atoms with Crippen molar-refractivity contribution in [1.82, 2.24) is 10.2 Å². The number of likely N-dealkylation sites (tertiary alicyclic amines) is 1. The Morgan fingerprint density at radius 1 is 1.15 bits per heavy atom. The third-order valence-corrected chi connectivity index (χ3v) is 5.11. The largest absolute Gasteiger partial charge is 0.349 e. The van der Waals surface area contributed by atoms with E-state index in [-0.39, 0.29) is 30.1 Å². The molecule has 1 fully saturated rings. The zero-order valence-corrected chi connectivity index (χ0v) is 14.8. The number of nitrogens with zero attached hydrogens (tertiary/aromatic N) is 1. The highest BCUT2D eigenvalue weighted by molar-refractivity contribution is 7.12. The van der Waals surface area contributed by atoms with E-state index in [1.165, 1.54) is 17.4 Å². The van der Waals surface area contributed by atoms with Gasteiger partial charge in [-0.25, -0.2) is 8.78 Å². The molecular formula is C18H19F2N3O2S. The normalized spacial score (nSPS) is 15.6. The highest BCUT2D eigenvalue weighted by Gasteiger charge is 2.22. The fourth-order valence-electron chi connectivity index (χ4n) is 2.88. The number of carbonyl (C=O) groups excluding carboxylic acids is 2. The number of piperidine rings is 1. The molecule has 2 amide bonds. The lowest BCUT2D eigenvalue weighted by molar-refractivity contribution is -0.117. The minimum Gasteiger partial charge on any atom is -0.349 e. The van der Waals surface area contributed by atoms with Gasteiger partial charge >= 0.3 is 0 Å². The molecule has 2 N–H and O–H groups in total. The third kappa shape index (κ3) is 4.86. The van der Waals surface area contributed by atoms with Crippen molar-refractivity contribution in [1.29, 1.82) is 0 Å². The fraction of sp³-hybridized carbons (Fsp3) is 0.333. The summed E-state index contributed by atoms with van der Waals surface area (Å²) >= 11 is 1.41. The predicted molar refractivity (Wildman–Crippen MR) is 96.2 cm³/mol. The summed E-state index contributed by atoms with van der Waals surface area (Å²) in [6.45, 7) is 1.53. The number of hydrogen-bond acceptors (Lipinski definition) is 4. The van der Waals surface area contributed by atoms with Crippen LogP contribution in [0, 0.1) is 11.6 Å². The van der Waals surface area contributed by atoms with Crippen molar-refractivity contribution < 1.29 is 18.4 Å². The Morgan fingerprint density at radius 2 is 1.92 bits per heavy atom. The van der Waals surface area contributed by atoms with Crippen LogP contribution in [0.15, 0.2) is 35.7 Å². The fourth-order valence-corrected chi connectivity index (χ4v) is 3.50. The van der Waals surface area contributed by atoms with Crippen LogP contribution in [-0.4, -0.2) is 42.4 Å². The summed E-state index contributed by atoms with van der Waals surface area (Å²) in [4.78, 5) is 26.8. The molecule has 8 heteroatoms. The maximum absolute atomic E-state index is 13.2. The Hall–Kier alpha value is -2.32. The number of amides is 2. The van der Waals surface area contributed by atoms with Crippen LogP contribution >= 0.6 is 11.3 Å². The Bertz CT molecular complexity index is 775. The number of nitrogens with one attached hydrogen (secondary N) is 2. The van der Waals surface area contributed by atoms with Crippen LogP contribution in [0.3, 0.4) is 0 Å². The van der Waals surface area contributed by atoms with E-state index in [1.807, 2.05) is 16.3 Å². The number of carbonyl (C=O) groups is 2. The maximum Gasteiger partial charge on any atom is 0.261 e. The van der Waals surface area contributed by atoms with E-state index in [0.717, 1.165) is 25.0 Å². The summed E-state index contributed by atoms with van der Waals surface area (Å²) in [5.74, 6) is -2.29. The number of thiophene rings is 1. The maximum atomic E-state index is 13.2. The first kappa shape index (κ1) is 18.5. The van der Waals surface area contributed by atoms with Crippen molar-refractivity contribution in [3.05, 3.63) is 52.2 Å². The number of benzene rings is 1. The van der Waals surface area contributed by atoms with Crippen LogP contribution in [0.1, 0.15) is 22.5 Å². The Labute approximate surface area is 154 Å². The summed E-state index contributed by atoms with van der Waals surface area (Å²) in [6, 6.07) is 6.98. The molecule has 1 saturated heterocycles.